The van der Waals surface area contributed by atoms with Crippen LogP contribution in [0.15, 0.2) is 59.9 Å². The molecule has 0 unspecified atom stereocenters. The minimum absolute atomic E-state index is 0.179. The Hall–Kier alpha value is -2.55. The van der Waals surface area contributed by atoms with Crippen LogP contribution in [0, 0.1) is 5.82 Å². The second-order valence-corrected chi connectivity index (χ2v) is 9.03. The minimum Gasteiger partial charge on any atom is -0.368 e. The lowest BCUT2D eigenvalue weighted by molar-refractivity contribution is -0.113. The number of nitrogens with one attached hydrogen (secondary N) is 1. The van der Waals surface area contributed by atoms with Crippen molar-refractivity contribution in [1.29, 1.82) is 0 Å². The minimum atomic E-state index is -0.233. The number of piperazine rings is 1. The molecule has 2 aromatic carbocycles. The van der Waals surface area contributed by atoms with Gasteiger partial charge in [-0.25, -0.2) is 14.4 Å². The first kappa shape index (κ1) is 22.6. The number of aromatic nitrogens is 2. The lowest BCUT2D eigenvalue weighted by Gasteiger charge is -2.36. The Labute approximate surface area is 199 Å². The summed E-state index contributed by atoms with van der Waals surface area (Å²) < 4.78 is 13.2. The van der Waals surface area contributed by atoms with E-state index in [-0.39, 0.29) is 17.5 Å². The van der Waals surface area contributed by atoms with Crippen molar-refractivity contribution in [2.75, 3.05) is 47.0 Å². The van der Waals surface area contributed by atoms with Gasteiger partial charge in [0.2, 0.25) is 5.91 Å². The number of thioether (sulfide) groups is 1. The van der Waals surface area contributed by atoms with Gasteiger partial charge in [0.05, 0.1) is 5.75 Å². The molecule has 1 aromatic heterocycles. The molecular weight excluding hydrogens is 472 g/mol. The van der Waals surface area contributed by atoms with Crippen LogP contribution in [0.5, 0.6) is 0 Å². The van der Waals surface area contributed by atoms with Crippen LogP contribution in [0.25, 0.3) is 0 Å². The highest BCUT2D eigenvalue weighted by atomic mass is 35.5. The molecule has 0 atom stereocenters. The van der Waals surface area contributed by atoms with E-state index in [1.54, 1.807) is 30.3 Å². The van der Waals surface area contributed by atoms with E-state index in [1.807, 2.05) is 6.07 Å². The summed E-state index contributed by atoms with van der Waals surface area (Å²) in [4.78, 5) is 25.3. The highest BCUT2D eigenvalue weighted by Crippen LogP contribution is 2.25. The number of carbonyl (C=O) groups excluding carboxylic acids is 1. The molecule has 6 nitrogen and oxygen atoms in total. The Balaban J connectivity index is 1.30. The van der Waals surface area contributed by atoms with Crippen LogP contribution in [0.3, 0.4) is 0 Å². The molecule has 166 valence electrons. The van der Waals surface area contributed by atoms with E-state index in [2.05, 4.69) is 25.1 Å². The second-order valence-electron chi connectivity index (χ2n) is 7.16. The van der Waals surface area contributed by atoms with E-state index in [1.165, 1.54) is 30.2 Å². The molecule has 0 bridgehead atoms. The molecule has 4 rings (SSSR count). The summed E-state index contributed by atoms with van der Waals surface area (Å²) in [6, 6.07) is 13.3. The van der Waals surface area contributed by atoms with Crippen LogP contribution in [0.4, 0.5) is 21.6 Å². The molecule has 1 amide bonds. The van der Waals surface area contributed by atoms with Crippen LogP contribution in [0.1, 0.15) is 0 Å². The van der Waals surface area contributed by atoms with Gasteiger partial charge in [-0.15, -0.1) is 0 Å². The number of amides is 1. The van der Waals surface area contributed by atoms with Crippen LogP contribution in [0.2, 0.25) is 10.0 Å². The van der Waals surface area contributed by atoms with Crippen molar-refractivity contribution in [2.24, 2.45) is 0 Å². The average molecular weight is 492 g/mol. The maximum absolute atomic E-state index is 13.2. The van der Waals surface area contributed by atoms with Crippen LogP contribution in [-0.4, -0.2) is 47.8 Å². The second kappa shape index (κ2) is 10.4. The van der Waals surface area contributed by atoms with Crippen molar-refractivity contribution < 1.29 is 9.18 Å². The molecule has 1 saturated heterocycles. The number of rotatable bonds is 6. The summed E-state index contributed by atoms with van der Waals surface area (Å²) in [5.41, 5.74) is 1.56. The monoisotopic (exact) mass is 491 g/mol. The standard InChI is InChI=1S/C22H20Cl2FN5OS/c23-15-9-16(24)11-18(10-15)28-21(31)13-32-22-12-20(26-14-27-22)30-7-5-29(6-8-30)19-3-1-17(25)2-4-19/h1-4,9-12,14H,5-8,13H2,(H,28,31). The Morgan fingerprint density at radius 2 is 1.62 bits per heavy atom. The van der Waals surface area contributed by atoms with E-state index in [0.29, 0.717) is 15.7 Å². The molecule has 1 aliphatic rings. The maximum atomic E-state index is 13.2. The first-order valence-electron chi connectivity index (χ1n) is 9.92. The Morgan fingerprint density at radius 1 is 0.969 bits per heavy atom. The topological polar surface area (TPSA) is 61.4 Å². The summed E-state index contributed by atoms with van der Waals surface area (Å²) in [6.45, 7) is 3.19. The zero-order chi connectivity index (χ0) is 22.5. The summed E-state index contributed by atoms with van der Waals surface area (Å²) in [5, 5.41) is 4.42. The van der Waals surface area contributed by atoms with Crippen molar-refractivity contribution in [3.05, 3.63) is 70.7 Å². The normalized spacial score (nSPS) is 13.8. The molecule has 10 heteroatoms. The van der Waals surface area contributed by atoms with Gasteiger partial charge in [-0.3, -0.25) is 4.79 Å². The fourth-order valence-corrected chi connectivity index (χ4v) is 4.58. The van der Waals surface area contributed by atoms with Crippen molar-refractivity contribution in [3.8, 4) is 0 Å². The van der Waals surface area contributed by atoms with Gasteiger partial charge in [-0.05, 0) is 42.5 Å². The highest BCUT2D eigenvalue weighted by Gasteiger charge is 2.19. The molecular formula is C22H20Cl2FN5OS. The molecule has 3 aromatic rings. The van der Waals surface area contributed by atoms with Gasteiger partial charge >= 0.3 is 0 Å². The van der Waals surface area contributed by atoms with Crippen molar-refractivity contribution in [3.63, 3.8) is 0 Å². The van der Waals surface area contributed by atoms with E-state index in [9.17, 15) is 9.18 Å². The predicted octanol–water partition coefficient (Wildman–Crippen LogP) is 4.98. The van der Waals surface area contributed by atoms with E-state index in [0.717, 1.165) is 42.7 Å². The summed E-state index contributed by atoms with van der Waals surface area (Å²) in [7, 11) is 0. The molecule has 2 heterocycles. The molecule has 1 fully saturated rings. The fourth-order valence-electron chi connectivity index (χ4n) is 3.39. The molecule has 0 aliphatic carbocycles. The summed E-state index contributed by atoms with van der Waals surface area (Å²) in [5.74, 6) is 0.604. The third-order valence-corrected chi connectivity index (χ3v) is 6.28. The van der Waals surface area contributed by atoms with Crippen molar-refractivity contribution in [1.82, 2.24) is 9.97 Å². The molecule has 32 heavy (non-hydrogen) atoms. The lowest BCUT2D eigenvalue weighted by Crippen LogP contribution is -2.46. The van der Waals surface area contributed by atoms with Crippen molar-refractivity contribution in [2.45, 2.75) is 5.03 Å². The third kappa shape index (κ3) is 6.03. The van der Waals surface area contributed by atoms with Gasteiger partial charge in [0, 0.05) is 53.7 Å². The van der Waals surface area contributed by atoms with E-state index in [4.69, 9.17) is 23.2 Å². The fraction of sp³-hybridized carbons (Fsp3) is 0.227. The molecule has 1 N–H and O–H groups in total. The quantitative estimate of drug-likeness (QED) is 0.387. The van der Waals surface area contributed by atoms with Crippen LogP contribution < -0.4 is 15.1 Å². The first-order chi connectivity index (χ1) is 15.5. The molecule has 0 spiro atoms. The van der Waals surface area contributed by atoms with Crippen LogP contribution in [-0.2, 0) is 4.79 Å². The zero-order valence-corrected chi connectivity index (χ0v) is 19.3. The maximum Gasteiger partial charge on any atom is 0.234 e. The Kier molecular flexibility index (Phi) is 7.34. The van der Waals surface area contributed by atoms with Crippen LogP contribution >= 0.6 is 35.0 Å². The largest absolute Gasteiger partial charge is 0.368 e. The summed E-state index contributed by atoms with van der Waals surface area (Å²) >= 11 is 13.3. The molecule has 0 saturated carbocycles. The predicted molar refractivity (Wildman–Crippen MR) is 129 cm³/mol. The SMILES string of the molecule is O=C(CSc1cc(N2CCN(c3ccc(F)cc3)CC2)ncn1)Nc1cc(Cl)cc(Cl)c1. The first-order valence-corrected chi connectivity index (χ1v) is 11.7. The number of nitrogens with zero attached hydrogens (tertiary/aromatic N) is 4. The Bertz CT molecular complexity index is 1070. The zero-order valence-electron chi connectivity index (χ0n) is 17.0. The smallest absolute Gasteiger partial charge is 0.234 e. The molecule has 0 radical (unpaired) electrons. The summed E-state index contributed by atoms with van der Waals surface area (Å²) in [6.07, 6.45) is 1.51. The average Bonchev–Trinajstić information content (AvgIpc) is 2.78. The third-order valence-electron chi connectivity index (χ3n) is 4.92. The number of anilines is 3. The van der Waals surface area contributed by atoms with E-state index >= 15 is 0 Å². The van der Waals surface area contributed by atoms with Gasteiger partial charge in [-0.1, -0.05) is 35.0 Å². The number of benzene rings is 2. The van der Waals surface area contributed by atoms with Gasteiger partial charge in [0.25, 0.3) is 0 Å². The number of halogens is 3. The van der Waals surface area contributed by atoms with Gasteiger partial charge < -0.3 is 15.1 Å². The Morgan fingerprint density at radius 3 is 2.31 bits per heavy atom. The number of carbonyl (C=O) groups is 1. The van der Waals surface area contributed by atoms with Gasteiger partial charge in [0.15, 0.2) is 0 Å². The number of hydrogen-bond acceptors (Lipinski definition) is 6. The lowest BCUT2D eigenvalue weighted by atomic mass is 10.2. The number of hydrogen-bond donors (Lipinski definition) is 1. The van der Waals surface area contributed by atoms with Crippen molar-refractivity contribution >= 4 is 58.1 Å². The molecule has 1 aliphatic heterocycles. The van der Waals surface area contributed by atoms with E-state index < -0.39 is 0 Å². The highest BCUT2D eigenvalue weighted by molar-refractivity contribution is 7.99. The van der Waals surface area contributed by atoms with Gasteiger partial charge in [-0.2, -0.15) is 0 Å². The van der Waals surface area contributed by atoms with Gasteiger partial charge in [0.1, 0.15) is 23.0 Å².